The molecule has 0 saturated carbocycles. The van der Waals surface area contributed by atoms with Crippen molar-refractivity contribution in [2.75, 3.05) is 14.2 Å². The summed E-state index contributed by atoms with van der Waals surface area (Å²) >= 11 is 0. The number of alkyl carbamates (subject to hydrolysis) is 1. The van der Waals surface area contributed by atoms with Crippen LogP contribution in [0.25, 0.3) is 0 Å². The summed E-state index contributed by atoms with van der Waals surface area (Å²) in [6.07, 6.45) is -9.24. The monoisotopic (exact) mass is 745 g/mol. The van der Waals surface area contributed by atoms with Crippen LogP contribution in [0.5, 0.6) is 0 Å². The first-order valence-electron chi connectivity index (χ1n) is 18.7. The summed E-state index contributed by atoms with van der Waals surface area (Å²) in [6.45, 7) is 16.9. The quantitative estimate of drug-likeness (QED) is 0.278. The standard InChI is InChI=1S/C37H63NO14/c1-13-24-37(10,44)29(40)19(4)26(39)17(2)15-36(9,46-12)31(52-33-28-23(14-18(3)47-33)38-34(43)51-28)20(5)27(21(6)32(42)49-24)50-25-16-35(8,45-11)30(41)22(7)48-25/h17-25,27-31,33,40-41,44H,13-16H2,1-12H3,(H,38,43)/t17-,18-,19+,20+,21-,22+,23+,24-,25+,27+,28-,29-,30+,31-,33+,35-,36-,37-/m1/s1. The number of rotatable bonds is 7. The van der Waals surface area contributed by atoms with Crippen LogP contribution in [0, 0.1) is 23.7 Å². The maximum absolute atomic E-state index is 14.2. The van der Waals surface area contributed by atoms with E-state index >= 15 is 0 Å². The number of Topliss-reactive ketones (excluding diaryl/α,β-unsaturated/α-hetero) is 1. The number of ketones is 1. The van der Waals surface area contributed by atoms with E-state index in [-0.39, 0.29) is 37.2 Å². The molecule has 15 nitrogen and oxygen atoms in total. The summed E-state index contributed by atoms with van der Waals surface area (Å²) in [4.78, 5) is 40.5. The molecule has 4 aliphatic rings. The molecule has 0 aliphatic carbocycles. The highest BCUT2D eigenvalue weighted by molar-refractivity contribution is 5.83. The predicted octanol–water partition coefficient (Wildman–Crippen LogP) is 2.63. The molecule has 4 rings (SSSR count). The number of fused-ring (bicyclic) bond motifs is 1. The van der Waals surface area contributed by atoms with Crippen molar-refractivity contribution < 1.29 is 67.6 Å². The topological polar surface area (TPSA) is 198 Å². The molecule has 0 unspecified atom stereocenters. The smallest absolute Gasteiger partial charge is 0.408 e. The van der Waals surface area contributed by atoms with Crippen molar-refractivity contribution in [2.45, 2.75) is 179 Å². The zero-order valence-corrected chi connectivity index (χ0v) is 32.8. The highest BCUT2D eigenvalue weighted by Crippen LogP contribution is 2.42. The number of esters is 1. The lowest BCUT2D eigenvalue weighted by Crippen LogP contribution is -2.61. The van der Waals surface area contributed by atoms with E-state index in [1.165, 1.54) is 21.1 Å². The van der Waals surface area contributed by atoms with Crippen LogP contribution in [0.3, 0.4) is 0 Å². The third-order valence-electron chi connectivity index (χ3n) is 12.2. The van der Waals surface area contributed by atoms with Crippen LogP contribution < -0.4 is 5.32 Å². The molecule has 0 aromatic heterocycles. The van der Waals surface area contributed by atoms with Gasteiger partial charge in [-0.25, -0.2) is 4.79 Å². The average Bonchev–Trinajstić information content (AvgIpc) is 3.47. The first-order valence-corrected chi connectivity index (χ1v) is 18.7. The SMILES string of the molecule is CC[C@H]1OC(=O)[C@H](C)[C@@H](O[C@H]2C[C@@](C)(OC)[C@@H](O)[C@H](C)O2)[C@H](C)[C@@H](O[C@@H]2O[C@H](C)C[C@@H]3NC(=O)O[C@@H]23)[C@](C)(OC)C[C@@H](C)C(=O)[C@H](C)[C@@H](O)[C@]1(C)O. The van der Waals surface area contributed by atoms with Gasteiger partial charge in [0.25, 0.3) is 0 Å². The number of aliphatic hydroxyl groups is 3. The number of cyclic esters (lactones) is 1. The minimum absolute atomic E-state index is 0.0958. The number of hydrogen-bond acceptors (Lipinski definition) is 14. The Bertz CT molecular complexity index is 1270. The third kappa shape index (κ3) is 8.47. The predicted molar refractivity (Wildman–Crippen MR) is 185 cm³/mol. The summed E-state index contributed by atoms with van der Waals surface area (Å²) in [5.41, 5.74) is -4.28. The van der Waals surface area contributed by atoms with E-state index in [2.05, 4.69) is 5.32 Å². The number of carbonyl (C=O) groups is 3. The van der Waals surface area contributed by atoms with Gasteiger partial charge in [0.1, 0.15) is 23.6 Å². The Morgan fingerprint density at radius 1 is 0.846 bits per heavy atom. The molecule has 52 heavy (non-hydrogen) atoms. The van der Waals surface area contributed by atoms with Gasteiger partial charge in [0, 0.05) is 38.4 Å². The molecule has 1 amide bonds. The fourth-order valence-electron chi connectivity index (χ4n) is 8.67. The first kappa shape index (κ1) is 42.8. The van der Waals surface area contributed by atoms with Crippen LogP contribution in [0.15, 0.2) is 0 Å². The molecule has 4 heterocycles. The van der Waals surface area contributed by atoms with E-state index in [4.69, 9.17) is 37.9 Å². The lowest BCUT2D eigenvalue weighted by molar-refractivity contribution is -0.314. The Labute approximate surface area is 307 Å². The van der Waals surface area contributed by atoms with Gasteiger partial charge in [-0.15, -0.1) is 0 Å². The van der Waals surface area contributed by atoms with E-state index < -0.39 is 108 Å². The Morgan fingerprint density at radius 3 is 2.08 bits per heavy atom. The molecule has 4 aliphatic heterocycles. The van der Waals surface area contributed by atoms with Crippen molar-refractivity contribution >= 4 is 17.8 Å². The lowest BCUT2D eigenvalue weighted by Gasteiger charge is -2.49. The van der Waals surface area contributed by atoms with Gasteiger partial charge in [0.2, 0.25) is 0 Å². The van der Waals surface area contributed by atoms with Crippen molar-refractivity contribution in [3.63, 3.8) is 0 Å². The Kier molecular flexibility index (Phi) is 13.5. The van der Waals surface area contributed by atoms with Crippen molar-refractivity contribution in [1.29, 1.82) is 0 Å². The molecule has 4 N–H and O–H groups in total. The number of methoxy groups -OCH3 is 2. The Hall–Kier alpha value is -1.95. The van der Waals surface area contributed by atoms with Crippen molar-refractivity contribution in [3.05, 3.63) is 0 Å². The highest BCUT2D eigenvalue weighted by Gasteiger charge is 2.55. The number of aliphatic hydroxyl groups excluding tert-OH is 2. The van der Waals surface area contributed by atoms with Crippen LogP contribution in [0.1, 0.15) is 94.9 Å². The zero-order valence-electron chi connectivity index (χ0n) is 32.8. The summed E-state index contributed by atoms with van der Waals surface area (Å²) in [5.74, 6) is -4.55. The Balaban J connectivity index is 1.85. The number of hydrogen-bond donors (Lipinski definition) is 4. The summed E-state index contributed by atoms with van der Waals surface area (Å²) in [5, 5.41) is 36.8. The molecule has 4 saturated heterocycles. The summed E-state index contributed by atoms with van der Waals surface area (Å²) in [7, 11) is 2.99. The third-order valence-corrected chi connectivity index (χ3v) is 12.2. The molecule has 18 atom stereocenters. The van der Waals surface area contributed by atoms with Gasteiger partial charge in [-0.2, -0.15) is 0 Å². The summed E-state index contributed by atoms with van der Waals surface area (Å²) < 4.78 is 49.5. The fraction of sp³-hybridized carbons (Fsp3) is 0.919. The minimum Gasteiger partial charge on any atom is -0.459 e. The van der Waals surface area contributed by atoms with Crippen molar-refractivity contribution in [3.8, 4) is 0 Å². The van der Waals surface area contributed by atoms with Crippen LogP contribution in [0.4, 0.5) is 4.79 Å². The second-order valence-corrected chi connectivity index (χ2v) is 16.2. The van der Waals surface area contributed by atoms with Gasteiger partial charge in [-0.05, 0) is 60.8 Å². The molecule has 15 heteroatoms. The molecule has 300 valence electrons. The van der Waals surface area contributed by atoms with Gasteiger partial charge in [-0.1, -0.05) is 27.7 Å². The average molecular weight is 746 g/mol. The van der Waals surface area contributed by atoms with Gasteiger partial charge in [0.15, 0.2) is 18.7 Å². The van der Waals surface area contributed by atoms with E-state index in [0.29, 0.717) is 6.42 Å². The Morgan fingerprint density at radius 2 is 1.48 bits per heavy atom. The molecule has 0 aromatic rings. The van der Waals surface area contributed by atoms with E-state index in [9.17, 15) is 29.7 Å². The molecule has 0 bridgehead atoms. The second-order valence-electron chi connectivity index (χ2n) is 16.2. The van der Waals surface area contributed by atoms with E-state index in [1.54, 1.807) is 48.5 Å². The number of ether oxygens (including phenoxy) is 8. The first-order chi connectivity index (χ1) is 24.1. The fourth-order valence-corrected chi connectivity index (χ4v) is 8.67. The van der Waals surface area contributed by atoms with Crippen LogP contribution in [-0.2, 0) is 47.5 Å². The molecular weight excluding hydrogens is 682 g/mol. The second kappa shape index (κ2) is 16.4. The molecule has 4 fully saturated rings. The van der Waals surface area contributed by atoms with Gasteiger partial charge < -0.3 is 58.5 Å². The van der Waals surface area contributed by atoms with Gasteiger partial charge >= 0.3 is 12.1 Å². The zero-order chi connectivity index (χ0) is 39.1. The highest BCUT2D eigenvalue weighted by atomic mass is 16.7. The van der Waals surface area contributed by atoms with Crippen LogP contribution in [0.2, 0.25) is 0 Å². The van der Waals surface area contributed by atoms with Crippen LogP contribution >= 0.6 is 0 Å². The van der Waals surface area contributed by atoms with E-state index in [0.717, 1.165) is 0 Å². The minimum atomic E-state index is -1.97. The van der Waals surface area contributed by atoms with Crippen LogP contribution in [-0.4, -0.2) is 132 Å². The van der Waals surface area contributed by atoms with Gasteiger partial charge in [-0.3, -0.25) is 9.59 Å². The number of nitrogens with one attached hydrogen (secondary N) is 1. The number of amides is 1. The van der Waals surface area contributed by atoms with E-state index in [1.807, 2.05) is 13.8 Å². The van der Waals surface area contributed by atoms with Gasteiger partial charge in [0.05, 0.1) is 53.7 Å². The molecule has 0 radical (unpaired) electrons. The van der Waals surface area contributed by atoms with Crippen molar-refractivity contribution in [1.82, 2.24) is 5.32 Å². The lowest BCUT2D eigenvalue weighted by atomic mass is 9.74. The molecule has 0 aromatic carbocycles. The van der Waals surface area contributed by atoms with Crippen molar-refractivity contribution in [2.24, 2.45) is 23.7 Å². The maximum atomic E-state index is 14.2. The molecule has 0 spiro atoms. The number of carbonyl (C=O) groups excluding carboxylic acids is 3. The molecular formula is C37H63NO14. The summed E-state index contributed by atoms with van der Waals surface area (Å²) in [6, 6.07) is -0.373. The normalized spacial score (nSPS) is 49.7. The maximum Gasteiger partial charge on any atom is 0.408 e. The largest absolute Gasteiger partial charge is 0.459 e.